The van der Waals surface area contributed by atoms with Gasteiger partial charge in [0, 0.05) is 26.1 Å². The number of hydrogen-bond acceptors (Lipinski definition) is 5. The van der Waals surface area contributed by atoms with Crippen LogP contribution in [0.2, 0.25) is 0 Å². The Balaban J connectivity index is 1.49. The molecule has 0 bridgehead atoms. The Hall–Kier alpha value is -1.79. The summed E-state index contributed by atoms with van der Waals surface area (Å²) in [5.41, 5.74) is 1.16. The second-order valence-electron chi connectivity index (χ2n) is 7.23. The molecule has 5 nitrogen and oxygen atoms in total. The van der Waals surface area contributed by atoms with Gasteiger partial charge in [-0.2, -0.15) is 4.98 Å². The summed E-state index contributed by atoms with van der Waals surface area (Å²) in [7, 11) is 0. The van der Waals surface area contributed by atoms with E-state index in [4.69, 9.17) is 4.52 Å². The first-order valence-corrected chi connectivity index (χ1v) is 9.09. The van der Waals surface area contributed by atoms with E-state index in [0.717, 1.165) is 63.5 Å². The summed E-state index contributed by atoms with van der Waals surface area (Å²) < 4.78 is 18.4. The zero-order chi connectivity index (χ0) is 17.6. The molecule has 0 amide bonds. The number of nitrogens with zero attached hydrogens (tertiary/aromatic N) is 4. The second kappa shape index (κ2) is 8.54. The molecule has 2 heterocycles. The van der Waals surface area contributed by atoms with Gasteiger partial charge in [0.05, 0.1) is 6.54 Å². The number of halogens is 1. The summed E-state index contributed by atoms with van der Waals surface area (Å²) >= 11 is 0. The molecule has 1 aliphatic heterocycles. The molecule has 0 saturated carbocycles. The van der Waals surface area contributed by atoms with Crippen LogP contribution in [0.1, 0.15) is 37.5 Å². The Kier molecular flexibility index (Phi) is 6.15. The highest BCUT2D eigenvalue weighted by atomic mass is 19.1. The third-order valence-electron chi connectivity index (χ3n) is 4.46. The Morgan fingerprint density at radius 3 is 2.40 bits per heavy atom. The summed E-state index contributed by atoms with van der Waals surface area (Å²) in [6, 6.07) is 6.80. The molecule has 1 aromatic heterocycles. The minimum absolute atomic E-state index is 0.179. The van der Waals surface area contributed by atoms with Gasteiger partial charge in [0.25, 0.3) is 0 Å². The van der Waals surface area contributed by atoms with E-state index in [2.05, 4.69) is 33.8 Å². The van der Waals surface area contributed by atoms with E-state index in [1.54, 1.807) is 0 Å². The molecule has 0 spiro atoms. The predicted octanol–water partition coefficient (Wildman–Crippen LogP) is 3.12. The third-order valence-corrected chi connectivity index (χ3v) is 4.46. The van der Waals surface area contributed by atoms with Crippen molar-refractivity contribution in [2.45, 2.75) is 39.8 Å². The lowest BCUT2D eigenvalue weighted by atomic mass is 10.1. The van der Waals surface area contributed by atoms with E-state index in [0.29, 0.717) is 11.8 Å². The van der Waals surface area contributed by atoms with Crippen molar-refractivity contribution in [3.8, 4) is 0 Å². The fraction of sp³-hybridized carbons (Fsp3) is 0.579. The average molecular weight is 346 g/mol. The minimum Gasteiger partial charge on any atom is -0.338 e. The van der Waals surface area contributed by atoms with E-state index >= 15 is 0 Å². The second-order valence-corrected chi connectivity index (χ2v) is 7.23. The van der Waals surface area contributed by atoms with Crippen LogP contribution in [0.25, 0.3) is 0 Å². The van der Waals surface area contributed by atoms with Gasteiger partial charge in [0.2, 0.25) is 5.89 Å². The van der Waals surface area contributed by atoms with Crippen LogP contribution in [0.15, 0.2) is 28.8 Å². The van der Waals surface area contributed by atoms with Gasteiger partial charge in [-0.05, 0) is 43.1 Å². The highest BCUT2D eigenvalue weighted by Crippen LogP contribution is 2.12. The fourth-order valence-corrected chi connectivity index (χ4v) is 3.18. The molecule has 136 valence electrons. The maximum atomic E-state index is 13.0. The molecule has 25 heavy (non-hydrogen) atoms. The lowest BCUT2D eigenvalue weighted by Gasteiger charge is -2.21. The summed E-state index contributed by atoms with van der Waals surface area (Å²) in [4.78, 5) is 9.30. The molecule has 6 heteroatoms. The van der Waals surface area contributed by atoms with Crippen molar-refractivity contribution in [2.24, 2.45) is 5.92 Å². The van der Waals surface area contributed by atoms with Crippen LogP contribution in [0.5, 0.6) is 0 Å². The van der Waals surface area contributed by atoms with Crippen LogP contribution in [-0.2, 0) is 19.5 Å². The van der Waals surface area contributed by atoms with Gasteiger partial charge in [-0.1, -0.05) is 31.1 Å². The number of benzene rings is 1. The lowest BCUT2D eigenvalue weighted by Crippen LogP contribution is -2.30. The van der Waals surface area contributed by atoms with Crippen LogP contribution in [-0.4, -0.2) is 46.1 Å². The normalized spacial score (nSPS) is 17.1. The van der Waals surface area contributed by atoms with Crippen LogP contribution >= 0.6 is 0 Å². The molecule has 0 N–H and O–H groups in total. The molecule has 3 rings (SSSR count). The molecule has 0 radical (unpaired) electrons. The van der Waals surface area contributed by atoms with Crippen LogP contribution in [0, 0.1) is 11.7 Å². The molecular formula is C19H27FN4O. The van der Waals surface area contributed by atoms with E-state index in [1.165, 1.54) is 12.1 Å². The van der Waals surface area contributed by atoms with E-state index in [9.17, 15) is 4.39 Å². The highest BCUT2D eigenvalue weighted by molar-refractivity contribution is 5.15. The molecule has 0 atom stereocenters. The molecule has 1 saturated heterocycles. The van der Waals surface area contributed by atoms with Gasteiger partial charge in [-0.3, -0.25) is 9.80 Å². The SMILES string of the molecule is CC(C)Cc1noc(CN2CCCN(Cc3ccc(F)cc3)CC2)n1. The molecule has 0 aliphatic carbocycles. The first-order chi connectivity index (χ1) is 12.1. The molecule has 1 fully saturated rings. The Morgan fingerprint density at radius 1 is 1.04 bits per heavy atom. The van der Waals surface area contributed by atoms with Crippen molar-refractivity contribution in [2.75, 3.05) is 26.2 Å². The van der Waals surface area contributed by atoms with Gasteiger partial charge < -0.3 is 4.52 Å². The Labute approximate surface area is 148 Å². The largest absolute Gasteiger partial charge is 0.338 e. The summed E-state index contributed by atoms with van der Waals surface area (Å²) in [6.07, 6.45) is 1.96. The summed E-state index contributed by atoms with van der Waals surface area (Å²) in [5, 5.41) is 4.07. The zero-order valence-corrected chi connectivity index (χ0v) is 15.1. The molecule has 1 aromatic carbocycles. The van der Waals surface area contributed by atoms with Crippen molar-refractivity contribution >= 4 is 0 Å². The van der Waals surface area contributed by atoms with Crippen LogP contribution in [0.4, 0.5) is 4.39 Å². The third kappa shape index (κ3) is 5.61. The van der Waals surface area contributed by atoms with Crippen molar-refractivity contribution in [3.63, 3.8) is 0 Å². The number of aromatic nitrogens is 2. The Morgan fingerprint density at radius 2 is 1.72 bits per heavy atom. The van der Waals surface area contributed by atoms with Crippen molar-refractivity contribution in [3.05, 3.63) is 47.4 Å². The van der Waals surface area contributed by atoms with Crippen molar-refractivity contribution in [1.29, 1.82) is 0 Å². The standard InChI is InChI=1S/C19H27FN4O/c1-15(2)12-18-21-19(25-22-18)14-24-9-3-8-23(10-11-24)13-16-4-6-17(20)7-5-16/h4-7,15H,3,8-14H2,1-2H3. The number of hydrogen-bond donors (Lipinski definition) is 0. The predicted molar refractivity (Wildman–Crippen MR) is 94.4 cm³/mol. The van der Waals surface area contributed by atoms with Gasteiger partial charge in [0.15, 0.2) is 5.82 Å². The first kappa shape index (κ1) is 18.0. The minimum atomic E-state index is -0.179. The molecule has 1 aliphatic rings. The van der Waals surface area contributed by atoms with E-state index < -0.39 is 0 Å². The Bertz CT molecular complexity index is 656. The van der Waals surface area contributed by atoms with Gasteiger partial charge >= 0.3 is 0 Å². The smallest absolute Gasteiger partial charge is 0.240 e. The van der Waals surface area contributed by atoms with Gasteiger partial charge in [0.1, 0.15) is 5.82 Å². The maximum Gasteiger partial charge on any atom is 0.240 e. The highest BCUT2D eigenvalue weighted by Gasteiger charge is 2.18. The first-order valence-electron chi connectivity index (χ1n) is 9.09. The van der Waals surface area contributed by atoms with Crippen molar-refractivity contribution < 1.29 is 8.91 Å². The zero-order valence-electron chi connectivity index (χ0n) is 15.1. The topological polar surface area (TPSA) is 45.4 Å². The summed E-state index contributed by atoms with van der Waals surface area (Å²) in [6.45, 7) is 9.94. The number of rotatable bonds is 6. The van der Waals surface area contributed by atoms with Crippen molar-refractivity contribution in [1.82, 2.24) is 19.9 Å². The molecule has 0 unspecified atom stereocenters. The molecular weight excluding hydrogens is 319 g/mol. The fourth-order valence-electron chi connectivity index (χ4n) is 3.18. The average Bonchev–Trinajstić information content (AvgIpc) is 2.87. The quantitative estimate of drug-likeness (QED) is 0.804. The summed E-state index contributed by atoms with van der Waals surface area (Å²) in [5.74, 6) is 1.87. The van der Waals surface area contributed by atoms with Crippen LogP contribution < -0.4 is 0 Å². The molecule has 2 aromatic rings. The monoisotopic (exact) mass is 346 g/mol. The van der Waals surface area contributed by atoms with Gasteiger partial charge in [-0.15, -0.1) is 0 Å². The maximum absolute atomic E-state index is 13.0. The van der Waals surface area contributed by atoms with E-state index in [1.807, 2.05) is 12.1 Å². The van der Waals surface area contributed by atoms with Gasteiger partial charge in [-0.25, -0.2) is 4.39 Å². The van der Waals surface area contributed by atoms with Crippen LogP contribution in [0.3, 0.4) is 0 Å². The van der Waals surface area contributed by atoms with E-state index in [-0.39, 0.29) is 5.82 Å². The lowest BCUT2D eigenvalue weighted by molar-refractivity contribution is 0.222.